The van der Waals surface area contributed by atoms with E-state index in [9.17, 15) is 9.59 Å². The number of amides is 2. The van der Waals surface area contributed by atoms with Gasteiger partial charge in [0.1, 0.15) is 11.2 Å². The molecule has 1 aliphatic carbocycles. The molecule has 166 valence electrons. The molecule has 2 N–H and O–H groups in total. The number of hydrazine groups is 1. The number of hydrogen-bond donors (Lipinski definition) is 2. The Morgan fingerprint density at radius 1 is 1.29 bits per heavy atom. The Labute approximate surface area is 189 Å². The van der Waals surface area contributed by atoms with Crippen molar-refractivity contribution in [2.24, 2.45) is 17.3 Å². The monoisotopic (exact) mass is 460 g/mol. The highest BCUT2D eigenvalue weighted by Crippen LogP contribution is 2.43. The topological polar surface area (TPSA) is 101 Å². The zero-order valence-electron chi connectivity index (χ0n) is 18.5. The van der Waals surface area contributed by atoms with Crippen molar-refractivity contribution >= 4 is 50.8 Å². The van der Waals surface area contributed by atoms with E-state index < -0.39 is 0 Å². The summed E-state index contributed by atoms with van der Waals surface area (Å²) in [6.45, 7) is 10.5. The number of nitrogens with zero attached hydrogens (tertiary/aromatic N) is 4. The van der Waals surface area contributed by atoms with E-state index >= 15 is 0 Å². The molecule has 8 nitrogen and oxygen atoms in total. The van der Waals surface area contributed by atoms with Crippen LogP contribution in [0.1, 0.15) is 51.5 Å². The molecule has 31 heavy (non-hydrogen) atoms. The second kappa shape index (κ2) is 8.38. The smallest absolute Gasteiger partial charge is 0.248 e. The Morgan fingerprint density at radius 3 is 2.77 bits per heavy atom. The summed E-state index contributed by atoms with van der Waals surface area (Å²) in [5, 5.41) is 10.4. The third-order valence-corrected chi connectivity index (χ3v) is 7.94. The van der Waals surface area contributed by atoms with Crippen molar-refractivity contribution in [1.29, 1.82) is 0 Å². The Bertz CT molecular complexity index is 1140. The predicted octanol–water partition coefficient (Wildman–Crippen LogP) is 3.39. The van der Waals surface area contributed by atoms with Gasteiger partial charge in [-0.1, -0.05) is 46.4 Å². The quantitative estimate of drug-likeness (QED) is 0.457. The molecule has 0 fully saturated rings. The van der Waals surface area contributed by atoms with Gasteiger partial charge in [0, 0.05) is 10.8 Å². The zero-order valence-corrected chi connectivity index (χ0v) is 20.1. The summed E-state index contributed by atoms with van der Waals surface area (Å²) >= 11 is 3.04. The van der Waals surface area contributed by atoms with Crippen LogP contribution in [0.5, 0.6) is 0 Å². The summed E-state index contributed by atoms with van der Waals surface area (Å²) in [7, 11) is 0. The number of carbonyl (C=O) groups excluding carboxylic acids is 2. The van der Waals surface area contributed by atoms with Crippen LogP contribution in [0.25, 0.3) is 15.9 Å². The van der Waals surface area contributed by atoms with Crippen molar-refractivity contribution in [3.05, 3.63) is 16.8 Å². The number of carbonyl (C=O) groups is 2. The van der Waals surface area contributed by atoms with Crippen LogP contribution in [0, 0.1) is 17.3 Å². The zero-order chi connectivity index (χ0) is 22.3. The lowest BCUT2D eigenvalue weighted by molar-refractivity contribution is -0.129. The fourth-order valence-corrected chi connectivity index (χ4v) is 5.80. The Balaban J connectivity index is 1.53. The summed E-state index contributed by atoms with van der Waals surface area (Å²) in [4.78, 5) is 30.7. The summed E-state index contributed by atoms with van der Waals surface area (Å²) in [6, 6.07) is 0. The van der Waals surface area contributed by atoms with Crippen LogP contribution in [0.3, 0.4) is 0 Å². The van der Waals surface area contributed by atoms with Crippen LogP contribution in [0.2, 0.25) is 0 Å². The first-order valence-corrected chi connectivity index (χ1v) is 12.3. The van der Waals surface area contributed by atoms with Crippen molar-refractivity contribution in [3.8, 4) is 0 Å². The molecule has 0 spiro atoms. The number of aryl methyl sites for hydroxylation is 1. The predicted molar refractivity (Wildman–Crippen MR) is 123 cm³/mol. The summed E-state index contributed by atoms with van der Waals surface area (Å²) < 4.78 is 1.86. The molecule has 0 saturated carbocycles. The molecule has 3 aromatic heterocycles. The molecule has 10 heteroatoms. The number of nitrogens with one attached hydrogen (secondary N) is 2. The average Bonchev–Trinajstić information content (AvgIpc) is 3.29. The molecular weight excluding hydrogens is 432 g/mol. The van der Waals surface area contributed by atoms with E-state index in [0.717, 1.165) is 28.7 Å². The van der Waals surface area contributed by atoms with Crippen LogP contribution < -0.4 is 10.9 Å². The molecule has 0 saturated heterocycles. The van der Waals surface area contributed by atoms with Gasteiger partial charge in [0.15, 0.2) is 10.8 Å². The third kappa shape index (κ3) is 4.41. The van der Waals surface area contributed by atoms with Crippen LogP contribution >= 0.6 is 23.1 Å². The maximum Gasteiger partial charge on any atom is 0.248 e. The van der Waals surface area contributed by atoms with Crippen molar-refractivity contribution in [2.45, 2.75) is 59.0 Å². The van der Waals surface area contributed by atoms with Gasteiger partial charge in [-0.25, -0.2) is 4.98 Å². The standard InChI is InChI=1S/C21H28N6O2S2/c1-11(2)18(29)25-23-15(28)9-30-20-26-24-17-16-13-7-6-12(21(3,4)5)8-14(13)31-19(16)22-10-27(17)20/h10-12H,6-9H2,1-5H3,(H,23,28)(H,25,29). The summed E-state index contributed by atoms with van der Waals surface area (Å²) in [6.07, 6.45) is 5.03. The van der Waals surface area contributed by atoms with Crippen molar-refractivity contribution in [2.75, 3.05) is 5.75 Å². The van der Waals surface area contributed by atoms with Crippen LogP contribution in [-0.4, -0.2) is 37.1 Å². The van der Waals surface area contributed by atoms with Gasteiger partial charge in [-0.3, -0.25) is 24.8 Å². The molecule has 0 aliphatic heterocycles. The van der Waals surface area contributed by atoms with E-state index in [1.165, 1.54) is 28.6 Å². The van der Waals surface area contributed by atoms with Gasteiger partial charge in [-0.15, -0.1) is 21.5 Å². The number of thiophene rings is 1. The van der Waals surface area contributed by atoms with E-state index in [-0.39, 0.29) is 23.5 Å². The molecule has 0 aromatic carbocycles. The number of aromatic nitrogens is 4. The van der Waals surface area contributed by atoms with Gasteiger partial charge in [0.05, 0.1) is 11.1 Å². The van der Waals surface area contributed by atoms with Gasteiger partial charge in [-0.2, -0.15) is 0 Å². The second-order valence-corrected chi connectivity index (χ2v) is 11.4. The van der Waals surface area contributed by atoms with Gasteiger partial charge in [0.2, 0.25) is 11.8 Å². The highest BCUT2D eigenvalue weighted by molar-refractivity contribution is 7.99. The van der Waals surface area contributed by atoms with Crippen LogP contribution in [0.4, 0.5) is 0 Å². The number of rotatable bonds is 4. The summed E-state index contributed by atoms with van der Waals surface area (Å²) in [5.74, 6) is 0.0613. The normalized spacial score (nSPS) is 16.6. The molecule has 3 aromatic rings. The van der Waals surface area contributed by atoms with E-state index in [4.69, 9.17) is 0 Å². The Morgan fingerprint density at radius 2 is 2.06 bits per heavy atom. The lowest BCUT2D eigenvalue weighted by atomic mass is 9.72. The van der Waals surface area contributed by atoms with E-state index in [1.54, 1.807) is 31.5 Å². The molecule has 1 unspecified atom stereocenters. The molecule has 1 atom stereocenters. The number of hydrogen-bond acceptors (Lipinski definition) is 7. The maximum absolute atomic E-state index is 12.1. The van der Waals surface area contributed by atoms with E-state index in [2.05, 4.69) is 46.8 Å². The second-order valence-electron chi connectivity index (χ2n) is 9.39. The van der Waals surface area contributed by atoms with Crippen LogP contribution in [-0.2, 0) is 22.4 Å². The lowest BCUT2D eigenvalue weighted by Gasteiger charge is -2.33. The Kier molecular flexibility index (Phi) is 5.95. The van der Waals surface area contributed by atoms with Gasteiger partial charge in [-0.05, 0) is 36.2 Å². The highest BCUT2D eigenvalue weighted by atomic mass is 32.2. The molecular formula is C21H28N6O2S2. The fraction of sp³-hybridized carbons (Fsp3) is 0.571. The molecule has 1 aliphatic rings. The van der Waals surface area contributed by atoms with Crippen molar-refractivity contribution in [3.63, 3.8) is 0 Å². The van der Waals surface area contributed by atoms with Crippen LogP contribution in [0.15, 0.2) is 11.5 Å². The summed E-state index contributed by atoms with van der Waals surface area (Å²) in [5.41, 5.74) is 7.29. The average molecular weight is 461 g/mol. The fourth-order valence-electron chi connectivity index (χ4n) is 3.83. The molecule has 0 radical (unpaired) electrons. The molecule has 4 rings (SSSR count). The van der Waals surface area contributed by atoms with E-state index in [0.29, 0.717) is 16.5 Å². The minimum absolute atomic E-state index is 0.117. The first-order valence-electron chi connectivity index (χ1n) is 10.5. The number of thioether (sulfide) groups is 1. The van der Waals surface area contributed by atoms with Gasteiger partial charge >= 0.3 is 0 Å². The van der Waals surface area contributed by atoms with Crippen molar-refractivity contribution in [1.82, 2.24) is 30.4 Å². The first-order chi connectivity index (χ1) is 14.6. The van der Waals surface area contributed by atoms with Crippen molar-refractivity contribution < 1.29 is 9.59 Å². The molecule has 3 heterocycles. The van der Waals surface area contributed by atoms with Gasteiger partial charge in [0.25, 0.3) is 0 Å². The first kappa shape index (κ1) is 22.0. The van der Waals surface area contributed by atoms with E-state index in [1.807, 2.05) is 4.40 Å². The molecule has 0 bridgehead atoms. The highest BCUT2D eigenvalue weighted by Gasteiger charge is 2.31. The number of fused-ring (bicyclic) bond motifs is 5. The third-order valence-electron chi connectivity index (χ3n) is 5.83. The Hall–Kier alpha value is -2.20. The lowest BCUT2D eigenvalue weighted by Crippen LogP contribution is -2.44. The minimum atomic E-state index is -0.300. The largest absolute Gasteiger partial charge is 0.273 e. The minimum Gasteiger partial charge on any atom is -0.273 e. The maximum atomic E-state index is 12.1. The molecule has 2 amide bonds. The van der Waals surface area contributed by atoms with Gasteiger partial charge < -0.3 is 0 Å². The SMILES string of the molecule is CC(C)C(=O)NNC(=O)CSc1nnc2c3c4c(sc3ncn12)CC(C(C)(C)C)CC4.